The monoisotopic (exact) mass is 422 g/mol. The molecular weight excluding hydrogens is 392 g/mol. The van der Waals surface area contributed by atoms with E-state index < -0.39 is 0 Å². The van der Waals surface area contributed by atoms with E-state index in [9.17, 15) is 4.79 Å². The topological polar surface area (TPSA) is 79.3 Å². The molecule has 8 nitrogen and oxygen atoms in total. The number of piperazine rings is 1. The highest BCUT2D eigenvalue weighted by molar-refractivity contribution is 5.97. The van der Waals surface area contributed by atoms with Gasteiger partial charge in [0.05, 0.1) is 30.6 Å². The summed E-state index contributed by atoms with van der Waals surface area (Å²) in [6.45, 7) is 8.38. The van der Waals surface area contributed by atoms with Crippen LogP contribution in [0.3, 0.4) is 0 Å². The Morgan fingerprint density at radius 2 is 2.03 bits per heavy atom. The largest absolute Gasteiger partial charge is 0.449 e. The van der Waals surface area contributed by atoms with Crippen LogP contribution in [0.15, 0.2) is 24.7 Å². The van der Waals surface area contributed by atoms with Crippen molar-refractivity contribution in [3.05, 3.63) is 30.2 Å². The molecule has 0 spiro atoms. The van der Waals surface area contributed by atoms with Crippen LogP contribution in [0.2, 0.25) is 0 Å². The van der Waals surface area contributed by atoms with Gasteiger partial charge in [-0.1, -0.05) is 13.8 Å². The molecular formula is C23H30N6O2. The van der Waals surface area contributed by atoms with Gasteiger partial charge in [0.1, 0.15) is 5.65 Å². The Hall–Kier alpha value is -3.03. The Morgan fingerprint density at radius 3 is 2.68 bits per heavy atom. The fourth-order valence-electron chi connectivity index (χ4n) is 5.07. The van der Waals surface area contributed by atoms with E-state index in [1.807, 2.05) is 35.2 Å². The first-order valence-corrected chi connectivity index (χ1v) is 11.1. The highest BCUT2D eigenvalue weighted by Gasteiger charge is 2.44. The lowest BCUT2D eigenvalue weighted by molar-refractivity contribution is 0.0704. The number of carbonyl (C=O) groups is 1. The number of fused-ring (bicyclic) bond motifs is 3. The number of nitrogens with zero attached hydrogens (tertiary/aromatic N) is 5. The van der Waals surface area contributed by atoms with Gasteiger partial charge >= 0.3 is 6.09 Å². The van der Waals surface area contributed by atoms with Crippen LogP contribution in [0.4, 0.5) is 10.5 Å². The van der Waals surface area contributed by atoms with Crippen molar-refractivity contribution >= 4 is 22.8 Å². The minimum absolute atomic E-state index is 0.155. The van der Waals surface area contributed by atoms with Crippen molar-refractivity contribution < 1.29 is 9.53 Å². The molecule has 3 aromatic heterocycles. The van der Waals surface area contributed by atoms with Gasteiger partial charge in [-0.3, -0.25) is 9.58 Å². The molecule has 8 heteroatoms. The molecule has 164 valence electrons. The zero-order valence-electron chi connectivity index (χ0n) is 18.6. The molecule has 0 radical (unpaired) electrons. The lowest BCUT2D eigenvalue weighted by Gasteiger charge is -2.41. The normalized spacial score (nSPS) is 20.8. The summed E-state index contributed by atoms with van der Waals surface area (Å²) in [5.74, 6) is 0.346. The second-order valence-electron chi connectivity index (χ2n) is 9.25. The summed E-state index contributed by atoms with van der Waals surface area (Å²) in [6.07, 6.45) is 7.65. The second-order valence-corrected chi connectivity index (χ2v) is 9.25. The summed E-state index contributed by atoms with van der Waals surface area (Å²) >= 11 is 0. The maximum Gasteiger partial charge on any atom is 0.410 e. The molecule has 2 aliphatic heterocycles. The highest BCUT2D eigenvalue weighted by atomic mass is 16.6. The summed E-state index contributed by atoms with van der Waals surface area (Å²) in [5, 5.41) is 5.46. The first-order chi connectivity index (χ1) is 14.9. The van der Waals surface area contributed by atoms with Crippen LogP contribution in [0.1, 0.15) is 32.3 Å². The Labute approximate surface area is 182 Å². The summed E-state index contributed by atoms with van der Waals surface area (Å²) < 4.78 is 7.36. The number of aromatic nitrogens is 4. The molecule has 2 bridgehead atoms. The van der Waals surface area contributed by atoms with Crippen molar-refractivity contribution in [3.8, 4) is 11.3 Å². The van der Waals surface area contributed by atoms with E-state index >= 15 is 0 Å². The molecule has 2 fully saturated rings. The Balaban J connectivity index is 1.44. The Morgan fingerprint density at radius 1 is 1.29 bits per heavy atom. The van der Waals surface area contributed by atoms with Gasteiger partial charge < -0.3 is 14.6 Å². The van der Waals surface area contributed by atoms with E-state index in [1.54, 1.807) is 0 Å². The van der Waals surface area contributed by atoms with Gasteiger partial charge in [0, 0.05) is 49.2 Å². The smallest absolute Gasteiger partial charge is 0.410 e. The maximum absolute atomic E-state index is 12.7. The molecule has 3 aromatic rings. The van der Waals surface area contributed by atoms with E-state index in [0.717, 1.165) is 48.2 Å². The zero-order chi connectivity index (χ0) is 21.7. The number of hydrogen-bond acceptors (Lipinski definition) is 5. The third kappa shape index (κ3) is 3.43. The number of ether oxygens (including phenoxy) is 1. The molecule has 31 heavy (non-hydrogen) atoms. The Kier molecular flexibility index (Phi) is 4.87. The van der Waals surface area contributed by atoms with E-state index in [0.29, 0.717) is 12.5 Å². The fourth-order valence-corrected chi connectivity index (χ4v) is 5.07. The number of rotatable bonds is 4. The van der Waals surface area contributed by atoms with Crippen molar-refractivity contribution in [2.24, 2.45) is 13.0 Å². The molecule has 0 aliphatic carbocycles. The number of amides is 1. The van der Waals surface area contributed by atoms with Gasteiger partial charge in [-0.2, -0.15) is 5.10 Å². The van der Waals surface area contributed by atoms with Gasteiger partial charge in [-0.05, 0) is 37.3 Å². The maximum atomic E-state index is 12.7. The SMILES string of the molecule is Cc1c(-c2cnn(C)c2)[nH]c2nccc(N3CC4CCC(C3)N4C(=O)OCC(C)C)c12. The summed E-state index contributed by atoms with van der Waals surface area (Å²) in [5.41, 5.74) is 5.36. The van der Waals surface area contributed by atoms with Gasteiger partial charge in [0.15, 0.2) is 0 Å². The van der Waals surface area contributed by atoms with E-state index in [4.69, 9.17) is 4.74 Å². The van der Waals surface area contributed by atoms with Gasteiger partial charge in [-0.15, -0.1) is 0 Å². The summed E-state index contributed by atoms with van der Waals surface area (Å²) in [6, 6.07) is 2.49. The number of nitrogens with one attached hydrogen (secondary N) is 1. The molecule has 5 heterocycles. The quantitative estimate of drug-likeness (QED) is 0.693. The van der Waals surface area contributed by atoms with Crippen LogP contribution in [0.25, 0.3) is 22.3 Å². The van der Waals surface area contributed by atoms with Crippen LogP contribution < -0.4 is 4.90 Å². The fraction of sp³-hybridized carbons (Fsp3) is 0.522. The van der Waals surface area contributed by atoms with Crippen molar-refractivity contribution in [1.29, 1.82) is 0 Å². The minimum atomic E-state index is -0.155. The van der Waals surface area contributed by atoms with Crippen LogP contribution in [0, 0.1) is 12.8 Å². The number of pyridine rings is 1. The third-order valence-corrected chi connectivity index (χ3v) is 6.49. The van der Waals surface area contributed by atoms with E-state index in [-0.39, 0.29) is 18.2 Å². The molecule has 2 saturated heterocycles. The van der Waals surface area contributed by atoms with Gasteiger partial charge in [0.25, 0.3) is 0 Å². The predicted octanol–water partition coefficient (Wildman–Crippen LogP) is 3.72. The molecule has 1 N–H and O–H groups in total. The predicted molar refractivity (Wildman–Crippen MR) is 120 cm³/mol. The van der Waals surface area contributed by atoms with Crippen LogP contribution in [-0.4, -0.2) is 62.5 Å². The molecule has 2 atom stereocenters. The van der Waals surface area contributed by atoms with E-state index in [1.165, 1.54) is 11.3 Å². The molecule has 2 unspecified atom stereocenters. The zero-order valence-corrected chi connectivity index (χ0v) is 18.6. The second kappa shape index (κ2) is 7.59. The van der Waals surface area contributed by atoms with Crippen molar-refractivity contribution in [2.45, 2.75) is 45.7 Å². The number of aromatic amines is 1. The highest BCUT2D eigenvalue weighted by Crippen LogP contribution is 2.38. The van der Waals surface area contributed by atoms with Crippen molar-refractivity contribution in [1.82, 2.24) is 24.6 Å². The van der Waals surface area contributed by atoms with Gasteiger partial charge in [0.2, 0.25) is 0 Å². The third-order valence-electron chi connectivity index (χ3n) is 6.49. The summed E-state index contributed by atoms with van der Waals surface area (Å²) in [4.78, 5) is 25.2. The number of anilines is 1. The van der Waals surface area contributed by atoms with Crippen LogP contribution in [-0.2, 0) is 11.8 Å². The first-order valence-electron chi connectivity index (χ1n) is 11.1. The number of carbonyl (C=O) groups excluding carboxylic acids is 1. The number of hydrogen-bond donors (Lipinski definition) is 1. The molecule has 1 amide bonds. The number of H-pyrrole nitrogens is 1. The lowest BCUT2D eigenvalue weighted by atomic mass is 10.1. The van der Waals surface area contributed by atoms with E-state index in [2.05, 4.69) is 46.8 Å². The van der Waals surface area contributed by atoms with Gasteiger partial charge in [-0.25, -0.2) is 9.78 Å². The Bertz CT molecular complexity index is 1100. The average molecular weight is 423 g/mol. The van der Waals surface area contributed by atoms with Crippen molar-refractivity contribution in [3.63, 3.8) is 0 Å². The van der Waals surface area contributed by atoms with Crippen LogP contribution in [0.5, 0.6) is 0 Å². The van der Waals surface area contributed by atoms with Crippen molar-refractivity contribution in [2.75, 3.05) is 24.6 Å². The summed E-state index contributed by atoms with van der Waals surface area (Å²) in [7, 11) is 1.92. The average Bonchev–Trinajstić information content (AvgIpc) is 3.40. The molecule has 0 aromatic carbocycles. The number of aryl methyl sites for hydroxylation is 2. The van der Waals surface area contributed by atoms with Crippen LogP contribution >= 0.6 is 0 Å². The first kappa shape index (κ1) is 19.9. The standard InChI is InChI=1S/C23H30N6O2/c1-14(2)13-31-23(30)29-17-5-6-18(29)12-28(11-17)19-7-8-24-22-20(19)15(3)21(26-22)16-9-25-27(4)10-16/h7-10,14,17-18H,5-6,11-13H2,1-4H3,(H,24,26). The minimum Gasteiger partial charge on any atom is -0.449 e. The molecule has 5 rings (SSSR count). The molecule has 2 aliphatic rings. The molecule has 0 saturated carbocycles. The lowest BCUT2D eigenvalue weighted by Crippen LogP contribution is -2.56.